The molecule has 0 aromatic rings. The van der Waals surface area contributed by atoms with E-state index in [1.54, 1.807) is 0 Å². The van der Waals surface area contributed by atoms with Gasteiger partial charge in [-0.05, 0) is 44.7 Å². The zero-order valence-corrected chi connectivity index (χ0v) is 14.9. The molecule has 1 unspecified atom stereocenters. The molecule has 1 heterocycles. The van der Waals surface area contributed by atoms with Gasteiger partial charge in [-0.25, -0.2) is 0 Å². The van der Waals surface area contributed by atoms with E-state index in [1.807, 2.05) is 0 Å². The summed E-state index contributed by atoms with van der Waals surface area (Å²) < 4.78 is 57.5. The van der Waals surface area contributed by atoms with Gasteiger partial charge in [0.15, 0.2) is 0 Å². The molecule has 0 aromatic heterocycles. The number of piperidine rings is 1. The molecule has 1 atom stereocenters. The Kier molecular flexibility index (Phi) is 11.1. The van der Waals surface area contributed by atoms with Gasteiger partial charge in [-0.3, -0.25) is 4.55 Å². The summed E-state index contributed by atoms with van der Waals surface area (Å²) in [6.07, 6.45) is 11.4. The van der Waals surface area contributed by atoms with Crippen LogP contribution in [0.2, 0.25) is 0 Å². The van der Waals surface area contributed by atoms with Crippen LogP contribution in [0.5, 0.6) is 0 Å². The Bertz CT molecular complexity index is 399. The van der Waals surface area contributed by atoms with E-state index >= 15 is 0 Å². The summed E-state index contributed by atoms with van der Waals surface area (Å²) in [6.45, 7) is 8.72. The fraction of sp³-hybridized carbons (Fsp3) is 1.00. The third-order valence-electron chi connectivity index (χ3n) is 3.94. The van der Waals surface area contributed by atoms with Gasteiger partial charge in [-0.15, -0.1) is 0 Å². The zero-order valence-electron chi connectivity index (χ0n) is 14.1. The van der Waals surface area contributed by atoms with Gasteiger partial charge in [-0.1, -0.05) is 39.5 Å². The third-order valence-corrected chi connectivity index (χ3v) is 4.52. The third kappa shape index (κ3) is 10.9. The SMILES string of the molecule is CCCCCN1CCCC(CCCC)C1.O=S(=O)(O)C(F)(F)F. The Morgan fingerprint density at radius 2 is 1.70 bits per heavy atom. The van der Waals surface area contributed by atoms with Crippen LogP contribution in [0.15, 0.2) is 0 Å². The van der Waals surface area contributed by atoms with E-state index in [9.17, 15) is 13.2 Å². The second kappa shape index (κ2) is 11.3. The molecule has 23 heavy (non-hydrogen) atoms. The van der Waals surface area contributed by atoms with Crippen molar-refractivity contribution in [3.05, 3.63) is 0 Å². The summed E-state index contributed by atoms with van der Waals surface area (Å²) in [4.78, 5) is 2.71. The van der Waals surface area contributed by atoms with Crippen LogP contribution in [0.3, 0.4) is 0 Å². The molecule has 0 aromatic carbocycles. The van der Waals surface area contributed by atoms with Gasteiger partial charge >= 0.3 is 15.6 Å². The summed E-state index contributed by atoms with van der Waals surface area (Å²) in [5.74, 6) is 1.01. The molecule has 4 nitrogen and oxygen atoms in total. The van der Waals surface area contributed by atoms with Crippen LogP contribution >= 0.6 is 0 Å². The van der Waals surface area contributed by atoms with Gasteiger partial charge in [0.25, 0.3) is 0 Å². The predicted octanol–water partition coefficient (Wildman–Crippen LogP) is 4.47. The van der Waals surface area contributed by atoms with Gasteiger partial charge in [-0.2, -0.15) is 21.6 Å². The molecule has 0 bridgehead atoms. The molecule has 8 heteroatoms. The Labute approximate surface area is 138 Å². The van der Waals surface area contributed by atoms with Crippen molar-refractivity contribution in [1.82, 2.24) is 4.90 Å². The smallest absolute Gasteiger partial charge is 0.303 e. The number of nitrogens with zero attached hydrogens (tertiary/aromatic N) is 1. The lowest BCUT2D eigenvalue weighted by molar-refractivity contribution is -0.0510. The lowest BCUT2D eigenvalue weighted by Crippen LogP contribution is -2.36. The lowest BCUT2D eigenvalue weighted by atomic mass is 9.93. The molecule has 1 aliphatic heterocycles. The zero-order chi connectivity index (χ0) is 17.9. The Balaban J connectivity index is 0.000000515. The molecular weight excluding hydrogens is 331 g/mol. The first-order valence-electron chi connectivity index (χ1n) is 8.37. The van der Waals surface area contributed by atoms with E-state index in [0.717, 1.165) is 5.92 Å². The van der Waals surface area contributed by atoms with Crippen molar-refractivity contribution in [2.24, 2.45) is 5.92 Å². The van der Waals surface area contributed by atoms with Gasteiger partial charge in [0.1, 0.15) is 0 Å². The molecule has 0 radical (unpaired) electrons. The van der Waals surface area contributed by atoms with Gasteiger partial charge in [0.2, 0.25) is 0 Å². The molecule has 1 rings (SSSR count). The summed E-state index contributed by atoms with van der Waals surface area (Å²) in [5.41, 5.74) is -5.53. The van der Waals surface area contributed by atoms with E-state index in [-0.39, 0.29) is 0 Å². The standard InChI is InChI=1S/C14H29N.CHF3O3S/c1-3-5-7-11-15-12-8-10-14(13-15)9-6-4-2;2-1(3,4)8(5,6)7/h14H,3-13H2,1-2H3;(H,5,6,7). The highest BCUT2D eigenvalue weighted by Gasteiger charge is 2.44. The van der Waals surface area contributed by atoms with Crippen LogP contribution in [0.4, 0.5) is 13.2 Å². The molecule has 1 fully saturated rings. The molecule has 1 aliphatic rings. The molecule has 0 amide bonds. The van der Waals surface area contributed by atoms with Crippen molar-refractivity contribution in [3.63, 3.8) is 0 Å². The van der Waals surface area contributed by atoms with Crippen LogP contribution in [-0.2, 0) is 10.1 Å². The van der Waals surface area contributed by atoms with Gasteiger partial charge < -0.3 is 4.90 Å². The maximum Gasteiger partial charge on any atom is 0.522 e. The van der Waals surface area contributed by atoms with Crippen molar-refractivity contribution in [3.8, 4) is 0 Å². The molecular formula is C15H30F3NO3S. The summed E-state index contributed by atoms with van der Waals surface area (Å²) in [5, 5.41) is 0. The van der Waals surface area contributed by atoms with Crippen LogP contribution in [0, 0.1) is 5.92 Å². The predicted molar refractivity (Wildman–Crippen MR) is 85.8 cm³/mol. The van der Waals surface area contributed by atoms with E-state index in [1.165, 1.54) is 71.0 Å². The molecule has 140 valence electrons. The monoisotopic (exact) mass is 361 g/mol. The van der Waals surface area contributed by atoms with Crippen LogP contribution < -0.4 is 0 Å². The topological polar surface area (TPSA) is 57.6 Å². The second-order valence-corrected chi connectivity index (χ2v) is 7.49. The normalized spacial score (nSPS) is 20.0. The van der Waals surface area contributed by atoms with E-state index in [2.05, 4.69) is 18.7 Å². The maximum absolute atomic E-state index is 10.7. The van der Waals surface area contributed by atoms with E-state index in [0.29, 0.717) is 0 Å². The van der Waals surface area contributed by atoms with Crippen molar-refractivity contribution in [2.45, 2.75) is 70.7 Å². The quantitative estimate of drug-likeness (QED) is 0.413. The molecule has 1 saturated heterocycles. The average molecular weight is 361 g/mol. The van der Waals surface area contributed by atoms with Crippen molar-refractivity contribution >= 4 is 10.1 Å². The van der Waals surface area contributed by atoms with E-state index < -0.39 is 15.6 Å². The molecule has 0 aliphatic carbocycles. The first kappa shape index (κ1) is 22.7. The largest absolute Gasteiger partial charge is 0.522 e. The average Bonchev–Trinajstić information content (AvgIpc) is 2.44. The van der Waals surface area contributed by atoms with Crippen LogP contribution in [0.1, 0.15) is 65.2 Å². The molecule has 1 N–H and O–H groups in total. The Morgan fingerprint density at radius 1 is 1.13 bits per heavy atom. The highest BCUT2D eigenvalue weighted by molar-refractivity contribution is 7.86. The molecule has 0 saturated carbocycles. The van der Waals surface area contributed by atoms with Gasteiger partial charge in [0, 0.05) is 6.54 Å². The van der Waals surface area contributed by atoms with Gasteiger partial charge in [0.05, 0.1) is 0 Å². The fourth-order valence-corrected chi connectivity index (χ4v) is 2.67. The van der Waals surface area contributed by atoms with Crippen LogP contribution in [-0.4, -0.2) is 43.0 Å². The number of alkyl halides is 3. The second-order valence-electron chi connectivity index (χ2n) is 6.08. The Morgan fingerprint density at radius 3 is 2.17 bits per heavy atom. The van der Waals surface area contributed by atoms with Crippen molar-refractivity contribution < 1.29 is 26.1 Å². The number of hydrogen-bond acceptors (Lipinski definition) is 3. The molecule has 0 spiro atoms. The number of unbranched alkanes of at least 4 members (excludes halogenated alkanes) is 3. The highest BCUT2D eigenvalue weighted by atomic mass is 32.2. The summed E-state index contributed by atoms with van der Waals surface area (Å²) >= 11 is 0. The van der Waals surface area contributed by atoms with Crippen molar-refractivity contribution in [2.75, 3.05) is 19.6 Å². The minimum atomic E-state index is -5.84. The number of rotatable bonds is 7. The summed E-state index contributed by atoms with van der Waals surface area (Å²) in [6, 6.07) is 0. The van der Waals surface area contributed by atoms with Crippen molar-refractivity contribution in [1.29, 1.82) is 0 Å². The summed E-state index contributed by atoms with van der Waals surface area (Å²) in [7, 11) is -5.84. The minimum absolute atomic E-state index is 1.01. The first-order valence-corrected chi connectivity index (χ1v) is 9.81. The lowest BCUT2D eigenvalue weighted by Gasteiger charge is -2.32. The Hall–Kier alpha value is -0.340. The highest BCUT2D eigenvalue weighted by Crippen LogP contribution is 2.22. The fourth-order valence-electron chi connectivity index (χ4n) is 2.67. The first-order chi connectivity index (χ1) is 10.6. The van der Waals surface area contributed by atoms with Crippen LogP contribution in [0.25, 0.3) is 0 Å². The number of halogens is 3. The number of likely N-dealkylation sites (tertiary alicyclic amines) is 1. The maximum atomic E-state index is 10.7. The minimum Gasteiger partial charge on any atom is -0.303 e. The van der Waals surface area contributed by atoms with E-state index in [4.69, 9.17) is 13.0 Å². The number of hydrogen-bond donors (Lipinski definition) is 1.